The van der Waals surface area contributed by atoms with Crippen molar-refractivity contribution in [1.82, 2.24) is 5.32 Å². The lowest BCUT2D eigenvalue weighted by Gasteiger charge is -2.23. The van der Waals surface area contributed by atoms with E-state index in [4.69, 9.17) is 9.15 Å². The van der Waals surface area contributed by atoms with Gasteiger partial charge in [-0.2, -0.15) is 0 Å². The minimum absolute atomic E-state index is 0.0316. The Balaban J connectivity index is 1.93. The molecule has 2 heterocycles. The SMILES string of the molecule is Cc1ccccc1-c1cccc2c(=O)cc(C3CNCCO3)oc12. The van der Waals surface area contributed by atoms with E-state index in [9.17, 15) is 4.79 Å². The fraction of sp³-hybridized carbons (Fsp3) is 0.250. The molecule has 1 saturated heterocycles. The first kappa shape index (κ1) is 15.1. The Bertz CT molecular complexity index is 939. The smallest absolute Gasteiger partial charge is 0.193 e. The third-order valence-corrected chi connectivity index (χ3v) is 4.45. The highest BCUT2D eigenvalue weighted by Crippen LogP contribution is 2.31. The van der Waals surface area contributed by atoms with E-state index >= 15 is 0 Å². The van der Waals surface area contributed by atoms with Crippen molar-refractivity contribution in [3.8, 4) is 11.1 Å². The van der Waals surface area contributed by atoms with Crippen LogP contribution in [0.15, 0.2) is 57.7 Å². The van der Waals surface area contributed by atoms with Crippen LogP contribution < -0.4 is 10.7 Å². The van der Waals surface area contributed by atoms with E-state index in [-0.39, 0.29) is 11.5 Å². The van der Waals surface area contributed by atoms with Gasteiger partial charge in [0.05, 0.1) is 12.0 Å². The fourth-order valence-corrected chi connectivity index (χ4v) is 3.19. The van der Waals surface area contributed by atoms with Gasteiger partial charge in [-0.25, -0.2) is 0 Å². The third kappa shape index (κ3) is 2.64. The number of benzene rings is 2. The van der Waals surface area contributed by atoms with Crippen molar-refractivity contribution in [2.75, 3.05) is 19.7 Å². The van der Waals surface area contributed by atoms with Gasteiger partial charge in [-0.15, -0.1) is 0 Å². The number of aryl methyl sites for hydroxylation is 1. The van der Waals surface area contributed by atoms with Crippen LogP contribution >= 0.6 is 0 Å². The molecule has 0 amide bonds. The van der Waals surface area contributed by atoms with Gasteiger partial charge in [-0.05, 0) is 24.1 Å². The molecule has 0 saturated carbocycles. The first-order valence-corrected chi connectivity index (χ1v) is 8.19. The minimum Gasteiger partial charge on any atom is -0.457 e. The molecule has 1 N–H and O–H groups in total. The van der Waals surface area contributed by atoms with Crippen molar-refractivity contribution in [2.24, 2.45) is 0 Å². The molecule has 0 aliphatic carbocycles. The van der Waals surface area contributed by atoms with Gasteiger partial charge >= 0.3 is 0 Å². The molecule has 1 aliphatic heterocycles. The van der Waals surface area contributed by atoms with Crippen molar-refractivity contribution in [2.45, 2.75) is 13.0 Å². The largest absolute Gasteiger partial charge is 0.457 e. The topological polar surface area (TPSA) is 51.5 Å². The van der Waals surface area contributed by atoms with E-state index in [0.29, 0.717) is 29.9 Å². The first-order valence-electron chi connectivity index (χ1n) is 8.19. The van der Waals surface area contributed by atoms with Crippen LogP contribution in [-0.4, -0.2) is 19.7 Å². The number of nitrogens with one attached hydrogen (secondary N) is 1. The van der Waals surface area contributed by atoms with E-state index in [1.807, 2.05) is 30.3 Å². The Hall–Kier alpha value is -2.43. The number of hydrogen-bond acceptors (Lipinski definition) is 4. The van der Waals surface area contributed by atoms with Crippen LogP contribution in [0.3, 0.4) is 0 Å². The molecule has 1 atom stereocenters. The Morgan fingerprint density at radius 3 is 2.71 bits per heavy atom. The normalized spacial score (nSPS) is 18.0. The molecule has 1 fully saturated rings. The Labute approximate surface area is 140 Å². The number of ether oxygens (including phenoxy) is 1. The predicted molar refractivity (Wildman–Crippen MR) is 94.2 cm³/mol. The summed E-state index contributed by atoms with van der Waals surface area (Å²) in [5.74, 6) is 0.584. The van der Waals surface area contributed by atoms with Crippen molar-refractivity contribution in [1.29, 1.82) is 0 Å². The molecule has 1 aromatic heterocycles. The molecular weight excluding hydrogens is 302 g/mol. The standard InChI is InChI=1S/C20H19NO3/c1-13-5-2-3-6-14(13)15-7-4-8-16-17(22)11-18(24-20(15)16)19-12-21-9-10-23-19/h2-8,11,19,21H,9-10,12H2,1H3. The summed E-state index contributed by atoms with van der Waals surface area (Å²) in [5.41, 5.74) is 3.76. The summed E-state index contributed by atoms with van der Waals surface area (Å²) in [7, 11) is 0. The van der Waals surface area contributed by atoms with Crippen molar-refractivity contribution in [3.05, 3.63) is 70.1 Å². The number of para-hydroxylation sites is 1. The van der Waals surface area contributed by atoms with Gasteiger partial charge in [0, 0.05) is 24.7 Å². The molecule has 4 heteroatoms. The van der Waals surface area contributed by atoms with Crippen LogP contribution in [0.1, 0.15) is 17.4 Å². The quantitative estimate of drug-likeness (QED) is 0.786. The molecule has 1 unspecified atom stereocenters. The van der Waals surface area contributed by atoms with Gasteiger partial charge in [-0.1, -0.05) is 36.4 Å². The third-order valence-electron chi connectivity index (χ3n) is 4.45. The second kappa shape index (κ2) is 6.23. The van der Waals surface area contributed by atoms with E-state index in [2.05, 4.69) is 24.4 Å². The minimum atomic E-state index is -0.222. The van der Waals surface area contributed by atoms with Crippen LogP contribution in [0.2, 0.25) is 0 Å². The number of rotatable bonds is 2. The van der Waals surface area contributed by atoms with E-state index in [0.717, 1.165) is 23.2 Å². The molecule has 4 rings (SSSR count). The Morgan fingerprint density at radius 1 is 1.08 bits per heavy atom. The van der Waals surface area contributed by atoms with Gasteiger partial charge < -0.3 is 14.5 Å². The number of hydrogen-bond donors (Lipinski definition) is 1. The van der Waals surface area contributed by atoms with Crippen LogP contribution in [0, 0.1) is 6.92 Å². The molecule has 1 aliphatic rings. The van der Waals surface area contributed by atoms with Crippen molar-refractivity contribution >= 4 is 11.0 Å². The molecule has 0 bridgehead atoms. The van der Waals surface area contributed by atoms with Gasteiger partial charge in [0.2, 0.25) is 0 Å². The van der Waals surface area contributed by atoms with Gasteiger partial charge in [0.1, 0.15) is 17.4 Å². The van der Waals surface area contributed by atoms with Crippen LogP contribution in [0.4, 0.5) is 0 Å². The van der Waals surface area contributed by atoms with E-state index in [1.165, 1.54) is 0 Å². The maximum atomic E-state index is 12.6. The first-order chi connectivity index (χ1) is 11.7. The van der Waals surface area contributed by atoms with Crippen molar-refractivity contribution < 1.29 is 9.15 Å². The second-order valence-corrected chi connectivity index (χ2v) is 6.07. The Kier molecular flexibility index (Phi) is 3.92. The van der Waals surface area contributed by atoms with Crippen LogP contribution in [-0.2, 0) is 4.74 Å². The molecule has 2 aromatic carbocycles. The molecule has 0 radical (unpaired) electrons. The van der Waals surface area contributed by atoms with Crippen LogP contribution in [0.25, 0.3) is 22.1 Å². The highest BCUT2D eigenvalue weighted by Gasteiger charge is 2.20. The van der Waals surface area contributed by atoms with Crippen molar-refractivity contribution in [3.63, 3.8) is 0 Å². The monoisotopic (exact) mass is 321 g/mol. The summed E-state index contributed by atoms with van der Waals surface area (Å²) < 4.78 is 11.9. The zero-order valence-electron chi connectivity index (χ0n) is 13.5. The van der Waals surface area contributed by atoms with Crippen LogP contribution in [0.5, 0.6) is 0 Å². The maximum Gasteiger partial charge on any atom is 0.193 e. The van der Waals surface area contributed by atoms with Gasteiger partial charge in [-0.3, -0.25) is 4.79 Å². The average molecular weight is 321 g/mol. The molecule has 3 aromatic rings. The lowest BCUT2D eigenvalue weighted by Crippen LogP contribution is -2.33. The summed E-state index contributed by atoms with van der Waals surface area (Å²) in [4.78, 5) is 12.6. The average Bonchev–Trinajstić information content (AvgIpc) is 2.63. The summed E-state index contributed by atoms with van der Waals surface area (Å²) in [5, 5.41) is 3.87. The highest BCUT2D eigenvalue weighted by molar-refractivity contribution is 5.92. The molecule has 24 heavy (non-hydrogen) atoms. The molecule has 0 spiro atoms. The van der Waals surface area contributed by atoms with Gasteiger partial charge in [0.15, 0.2) is 5.43 Å². The zero-order chi connectivity index (χ0) is 16.5. The lowest BCUT2D eigenvalue weighted by molar-refractivity contribution is 0.0145. The summed E-state index contributed by atoms with van der Waals surface area (Å²) >= 11 is 0. The maximum absolute atomic E-state index is 12.6. The molecule has 122 valence electrons. The number of fused-ring (bicyclic) bond motifs is 1. The zero-order valence-corrected chi connectivity index (χ0v) is 13.5. The van der Waals surface area contributed by atoms with E-state index in [1.54, 1.807) is 6.07 Å². The number of morpholine rings is 1. The highest BCUT2D eigenvalue weighted by atomic mass is 16.5. The van der Waals surface area contributed by atoms with Gasteiger partial charge in [0.25, 0.3) is 0 Å². The Morgan fingerprint density at radius 2 is 1.92 bits per heavy atom. The fourth-order valence-electron chi connectivity index (χ4n) is 3.19. The predicted octanol–water partition coefficient (Wildman–Crippen LogP) is 3.43. The molecular formula is C20H19NO3. The summed E-state index contributed by atoms with van der Waals surface area (Å²) in [6, 6.07) is 15.4. The van der Waals surface area contributed by atoms with E-state index < -0.39 is 0 Å². The molecule has 4 nitrogen and oxygen atoms in total. The summed E-state index contributed by atoms with van der Waals surface area (Å²) in [6.07, 6.45) is -0.222. The summed E-state index contributed by atoms with van der Waals surface area (Å²) in [6.45, 7) is 4.15. The second-order valence-electron chi connectivity index (χ2n) is 6.07. The lowest BCUT2D eigenvalue weighted by atomic mass is 9.98.